The average molecular weight is 342 g/mol. The predicted molar refractivity (Wildman–Crippen MR) is 99.4 cm³/mol. The lowest BCUT2D eigenvalue weighted by Crippen LogP contribution is -2.41. The Hall–Kier alpha value is -1.61. The third-order valence-corrected chi connectivity index (χ3v) is 6.01. The molecule has 25 heavy (non-hydrogen) atoms. The van der Waals surface area contributed by atoms with Gasteiger partial charge in [0.05, 0.1) is 19.1 Å². The molecule has 1 aromatic rings. The van der Waals surface area contributed by atoms with Crippen LogP contribution in [0.2, 0.25) is 0 Å². The Morgan fingerprint density at radius 2 is 2.00 bits per heavy atom. The number of hydrogen-bond donors (Lipinski definition) is 1. The van der Waals surface area contributed by atoms with E-state index >= 15 is 0 Å². The minimum Gasteiger partial charge on any atom is -0.469 e. The van der Waals surface area contributed by atoms with Gasteiger partial charge < -0.3 is 9.84 Å². The quantitative estimate of drug-likeness (QED) is 0.644. The molecule has 4 atom stereocenters. The third-order valence-electron chi connectivity index (χ3n) is 6.01. The van der Waals surface area contributed by atoms with E-state index in [1.807, 2.05) is 0 Å². The molecule has 0 aromatic heterocycles. The number of fused-ring (bicyclic) bond motifs is 1. The summed E-state index contributed by atoms with van der Waals surface area (Å²) >= 11 is 0. The van der Waals surface area contributed by atoms with Crippen LogP contribution in [-0.2, 0) is 9.53 Å². The van der Waals surface area contributed by atoms with Gasteiger partial charge in [-0.3, -0.25) is 4.79 Å². The highest BCUT2D eigenvalue weighted by Crippen LogP contribution is 2.50. The average Bonchev–Trinajstić information content (AvgIpc) is 2.52. The van der Waals surface area contributed by atoms with E-state index in [0.717, 1.165) is 12.8 Å². The summed E-state index contributed by atoms with van der Waals surface area (Å²) in [6.45, 7) is 8.63. The van der Waals surface area contributed by atoms with Crippen LogP contribution in [0.15, 0.2) is 29.8 Å². The first-order valence-electron chi connectivity index (χ1n) is 9.25. The zero-order chi connectivity index (χ0) is 18.4. The van der Waals surface area contributed by atoms with Crippen LogP contribution >= 0.6 is 0 Å². The Kier molecular flexibility index (Phi) is 4.80. The molecule has 1 aromatic carbocycles. The minimum absolute atomic E-state index is 0.0281. The van der Waals surface area contributed by atoms with Gasteiger partial charge in [0.2, 0.25) is 0 Å². The zero-order valence-corrected chi connectivity index (χ0v) is 16.0. The van der Waals surface area contributed by atoms with Crippen LogP contribution < -0.4 is 0 Å². The second-order valence-electron chi connectivity index (χ2n) is 8.71. The maximum Gasteiger partial charge on any atom is 0.309 e. The monoisotopic (exact) mass is 342 g/mol. The molecule has 0 heterocycles. The normalized spacial score (nSPS) is 31.0. The molecule has 1 fully saturated rings. The maximum absolute atomic E-state index is 12.5. The molecule has 1 saturated carbocycles. The standard InChI is InChI=1S/C22H30O3/c1-13-6-7-16(14(2)8-13)18-9-15-11-22(3,4)12-20(23)17(15)10-19(18)21(24)25-5/h6-9,17-20,23H,10-12H2,1-5H3/t17-,18+,19+,20+/m0/s1. The van der Waals surface area contributed by atoms with Crippen molar-refractivity contribution in [2.24, 2.45) is 17.3 Å². The highest BCUT2D eigenvalue weighted by Gasteiger charge is 2.44. The Morgan fingerprint density at radius 3 is 2.64 bits per heavy atom. The fourth-order valence-electron chi connectivity index (χ4n) is 4.87. The summed E-state index contributed by atoms with van der Waals surface area (Å²) < 4.78 is 5.11. The molecule has 3 nitrogen and oxygen atoms in total. The number of rotatable bonds is 2. The van der Waals surface area contributed by atoms with Gasteiger partial charge in [0.1, 0.15) is 0 Å². The molecule has 3 heteroatoms. The number of aryl methyl sites for hydroxylation is 2. The number of hydrogen-bond acceptors (Lipinski definition) is 3. The summed E-state index contributed by atoms with van der Waals surface area (Å²) in [6, 6.07) is 6.43. The van der Waals surface area contributed by atoms with Gasteiger partial charge in [-0.25, -0.2) is 0 Å². The topological polar surface area (TPSA) is 46.5 Å². The highest BCUT2D eigenvalue weighted by atomic mass is 16.5. The molecule has 2 aliphatic carbocycles. The number of methoxy groups -OCH3 is 1. The van der Waals surface area contributed by atoms with E-state index in [-0.39, 0.29) is 35.2 Å². The van der Waals surface area contributed by atoms with Gasteiger partial charge >= 0.3 is 5.97 Å². The lowest BCUT2D eigenvalue weighted by Gasteiger charge is -2.45. The van der Waals surface area contributed by atoms with Crippen molar-refractivity contribution in [2.45, 2.75) is 59.0 Å². The Bertz CT molecular complexity index is 701. The second kappa shape index (κ2) is 6.60. The van der Waals surface area contributed by atoms with Crippen molar-refractivity contribution in [3.05, 3.63) is 46.5 Å². The number of ether oxygens (including phenoxy) is 1. The fraction of sp³-hybridized carbons (Fsp3) is 0.591. The molecule has 0 spiro atoms. The Balaban J connectivity index is 2.06. The maximum atomic E-state index is 12.5. The summed E-state index contributed by atoms with van der Waals surface area (Å²) in [5.41, 5.74) is 5.06. The molecule has 0 bridgehead atoms. The smallest absolute Gasteiger partial charge is 0.309 e. The molecule has 136 valence electrons. The second-order valence-corrected chi connectivity index (χ2v) is 8.71. The van der Waals surface area contributed by atoms with Gasteiger partial charge in [0, 0.05) is 11.8 Å². The molecule has 0 saturated heterocycles. The number of allylic oxidation sites excluding steroid dienone is 1. The lowest BCUT2D eigenvalue weighted by molar-refractivity contribution is -0.147. The summed E-state index contributed by atoms with van der Waals surface area (Å²) in [6.07, 6.45) is 4.34. The van der Waals surface area contributed by atoms with Crippen molar-refractivity contribution in [3.63, 3.8) is 0 Å². The third kappa shape index (κ3) is 3.52. The number of aliphatic hydroxyl groups is 1. The van der Waals surface area contributed by atoms with Gasteiger partial charge in [-0.15, -0.1) is 0 Å². The first-order valence-corrected chi connectivity index (χ1v) is 9.25. The van der Waals surface area contributed by atoms with Crippen LogP contribution in [0.1, 0.15) is 55.7 Å². The number of esters is 1. The van der Waals surface area contributed by atoms with Crippen molar-refractivity contribution in [1.82, 2.24) is 0 Å². The van der Waals surface area contributed by atoms with E-state index in [0.29, 0.717) is 6.42 Å². The number of aliphatic hydroxyl groups excluding tert-OH is 1. The Labute approximate surface area is 151 Å². The van der Waals surface area contributed by atoms with Gasteiger partial charge in [-0.05, 0) is 49.7 Å². The predicted octanol–water partition coefficient (Wildman–Crippen LogP) is 4.30. The van der Waals surface area contributed by atoms with Crippen LogP contribution in [0.3, 0.4) is 0 Å². The first kappa shape index (κ1) is 18.2. The van der Waals surface area contributed by atoms with Crippen molar-refractivity contribution in [1.29, 1.82) is 0 Å². The fourth-order valence-corrected chi connectivity index (χ4v) is 4.87. The van der Waals surface area contributed by atoms with Crippen molar-refractivity contribution in [2.75, 3.05) is 7.11 Å². The van der Waals surface area contributed by atoms with E-state index in [9.17, 15) is 9.90 Å². The van der Waals surface area contributed by atoms with E-state index in [4.69, 9.17) is 4.74 Å². The van der Waals surface area contributed by atoms with Gasteiger partial charge in [0.25, 0.3) is 0 Å². The summed E-state index contributed by atoms with van der Waals surface area (Å²) in [7, 11) is 1.46. The summed E-state index contributed by atoms with van der Waals surface area (Å²) in [4.78, 5) is 12.5. The summed E-state index contributed by atoms with van der Waals surface area (Å²) in [5, 5.41) is 10.7. The van der Waals surface area contributed by atoms with E-state index in [1.54, 1.807) is 0 Å². The molecule has 3 rings (SSSR count). The molecular weight excluding hydrogens is 312 g/mol. The van der Waals surface area contributed by atoms with Crippen LogP contribution in [0.25, 0.3) is 0 Å². The van der Waals surface area contributed by atoms with Crippen LogP contribution in [0.5, 0.6) is 0 Å². The van der Waals surface area contributed by atoms with E-state index in [2.05, 4.69) is 52.0 Å². The van der Waals surface area contributed by atoms with E-state index < -0.39 is 0 Å². The molecule has 0 aliphatic heterocycles. The van der Waals surface area contributed by atoms with Crippen molar-refractivity contribution >= 4 is 5.97 Å². The van der Waals surface area contributed by atoms with Crippen LogP contribution in [-0.4, -0.2) is 24.3 Å². The molecule has 2 aliphatic rings. The number of benzene rings is 1. The molecular formula is C22H30O3. The van der Waals surface area contributed by atoms with Crippen LogP contribution in [0.4, 0.5) is 0 Å². The van der Waals surface area contributed by atoms with Crippen molar-refractivity contribution in [3.8, 4) is 0 Å². The van der Waals surface area contributed by atoms with Gasteiger partial charge in [-0.2, -0.15) is 0 Å². The number of carbonyl (C=O) groups excluding carboxylic acids is 1. The number of carbonyl (C=O) groups is 1. The minimum atomic E-state index is -0.373. The Morgan fingerprint density at radius 1 is 1.28 bits per heavy atom. The zero-order valence-electron chi connectivity index (χ0n) is 16.0. The first-order chi connectivity index (χ1) is 11.7. The highest BCUT2D eigenvalue weighted by molar-refractivity contribution is 5.75. The molecule has 0 radical (unpaired) electrons. The SMILES string of the molecule is COC(=O)[C@@H]1C[C@H]2C(=C[C@@H]1c1ccc(C)cc1C)CC(C)(C)C[C@H]2O. The van der Waals surface area contributed by atoms with E-state index in [1.165, 1.54) is 29.4 Å². The van der Waals surface area contributed by atoms with Crippen molar-refractivity contribution < 1.29 is 14.6 Å². The van der Waals surface area contributed by atoms with Crippen LogP contribution in [0, 0.1) is 31.1 Å². The molecule has 1 N–H and O–H groups in total. The van der Waals surface area contributed by atoms with Gasteiger partial charge in [0.15, 0.2) is 0 Å². The summed E-state index contributed by atoms with van der Waals surface area (Å²) in [5.74, 6) is -0.284. The van der Waals surface area contributed by atoms with Gasteiger partial charge in [-0.1, -0.05) is 49.3 Å². The largest absolute Gasteiger partial charge is 0.469 e. The molecule has 0 unspecified atom stereocenters. The lowest BCUT2D eigenvalue weighted by atomic mass is 9.61. The molecule has 0 amide bonds.